The molecule has 0 saturated carbocycles. The summed E-state index contributed by atoms with van der Waals surface area (Å²) in [5, 5.41) is 9.67. The molecule has 0 fully saturated rings. The van der Waals surface area contributed by atoms with Gasteiger partial charge in [-0.1, -0.05) is 34.1 Å². The van der Waals surface area contributed by atoms with Crippen molar-refractivity contribution in [2.45, 2.75) is 6.42 Å². The first-order valence-electron chi connectivity index (χ1n) is 4.27. The third-order valence-electron chi connectivity index (χ3n) is 2.00. The molecule has 0 radical (unpaired) electrons. The molecule has 1 N–H and O–H groups in total. The Hall–Kier alpha value is -1.03. The average Bonchev–Trinajstić information content (AvgIpc) is 2.18. The van der Waals surface area contributed by atoms with Crippen LogP contribution in [-0.4, -0.2) is 23.6 Å². The highest BCUT2D eigenvalue weighted by atomic mass is 79.9. The molecule has 0 heterocycles. The van der Waals surface area contributed by atoms with Gasteiger partial charge < -0.3 is 5.11 Å². The zero-order valence-corrected chi connectivity index (χ0v) is 9.49. The third kappa shape index (κ3) is 2.48. The molecule has 4 heteroatoms. The van der Waals surface area contributed by atoms with Gasteiger partial charge in [0.2, 0.25) is 0 Å². The molecule has 1 rings (SSSR count). The summed E-state index contributed by atoms with van der Waals surface area (Å²) in [6, 6.07) is 7.51. The highest BCUT2D eigenvalue weighted by Crippen LogP contribution is 2.20. The van der Waals surface area contributed by atoms with Crippen LogP contribution in [0, 0.1) is 0 Å². The van der Waals surface area contributed by atoms with E-state index in [1.54, 1.807) is 7.05 Å². The maximum atomic E-state index is 10.8. The first-order valence-corrected chi connectivity index (χ1v) is 5.39. The molecule has 14 heavy (non-hydrogen) atoms. The molecule has 1 aromatic rings. The highest BCUT2D eigenvalue weighted by molar-refractivity contribution is 9.09. The van der Waals surface area contributed by atoms with Crippen LogP contribution in [0.1, 0.15) is 5.56 Å². The average molecular weight is 258 g/mol. The molecule has 0 bridgehead atoms. The SMILES string of the molecule is CN(C(=O)O)c1ccccc1CCBr. The molecular formula is C10H12BrNO2. The normalized spacial score (nSPS) is 9.86. The second kappa shape index (κ2) is 5.00. The van der Waals surface area contributed by atoms with E-state index in [2.05, 4.69) is 15.9 Å². The summed E-state index contributed by atoms with van der Waals surface area (Å²) in [6.07, 6.45) is -0.111. The van der Waals surface area contributed by atoms with Gasteiger partial charge in [0.1, 0.15) is 0 Å². The number of anilines is 1. The number of halogens is 1. The van der Waals surface area contributed by atoms with Gasteiger partial charge in [0.25, 0.3) is 0 Å². The number of amides is 1. The summed E-state index contributed by atoms with van der Waals surface area (Å²) in [6.45, 7) is 0. The number of nitrogens with zero attached hydrogens (tertiary/aromatic N) is 1. The van der Waals surface area contributed by atoms with E-state index >= 15 is 0 Å². The second-order valence-electron chi connectivity index (χ2n) is 2.91. The second-order valence-corrected chi connectivity index (χ2v) is 3.70. The number of aryl methyl sites for hydroxylation is 1. The van der Waals surface area contributed by atoms with Crippen molar-refractivity contribution in [3.63, 3.8) is 0 Å². The topological polar surface area (TPSA) is 40.5 Å². The van der Waals surface area contributed by atoms with Crippen molar-refractivity contribution in [2.75, 3.05) is 17.3 Å². The molecule has 0 aliphatic rings. The van der Waals surface area contributed by atoms with Gasteiger partial charge in [-0.3, -0.25) is 4.90 Å². The maximum Gasteiger partial charge on any atom is 0.411 e. The molecule has 76 valence electrons. The fourth-order valence-electron chi connectivity index (χ4n) is 1.25. The van der Waals surface area contributed by atoms with Crippen LogP contribution in [0.15, 0.2) is 24.3 Å². The van der Waals surface area contributed by atoms with Crippen LogP contribution in [0.5, 0.6) is 0 Å². The molecule has 1 amide bonds. The van der Waals surface area contributed by atoms with Crippen molar-refractivity contribution in [1.29, 1.82) is 0 Å². The summed E-state index contributed by atoms with van der Waals surface area (Å²) in [7, 11) is 1.55. The summed E-state index contributed by atoms with van der Waals surface area (Å²) in [4.78, 5) is 12.0. The quantitative estimate of drug-likeness (QED) is 0.847. The first kappa shape index (κ1) is 11.0. The minimum absolute atomic E-state index is 0.749. The summed E-state index contributed by atoms with van der Waals surface area (Å²) < 4.78 is 0. The van der Waals surface area contributed by atoms with E-state index in [0.29, 0.717) is 0 Å². The lowest BCUT2D eigenvalue weighted by molar-refractivity contribution is 0.203. The number of carbonyl (C=O) groups is 1. The maximum absolute atomic E-state index is 10.8. The van der Waals surface area contributed by atoms with Crippen molar-refractivity contribution < 1.29 is 9.90 Å². The van der Waals surface area contributed by atoms with Crippen LogP contribution in [-0.2, 0) is 6.42 Å². The lowest BCUT2D eigenvalue weighted by Gasteiger charge is -2.16. The Morgan fingerprint density at radius 1 is 1.50 bits per heavy atom. The number of hydrogen-bond donors (Lipinski definition) is 1. The zero-order valence-electron chi connectivity index (χ0n) is 7.90. The Labute approximate surface area is 91.5 Å². The van der Waals surface area contributed by atoms with E-state index in [1.165, 1.54) is 4.90 Å². The zero-order chi connectivity index (χ0) is 10.6. The van der Waals surface area contributed by atoms with Crippen LogP contribution in [0.25, 0.3) is 0 Å². The number of rotatable bonds is 3. The largest absolute Gasteiger partial charge is 0.465 e. The van der Waals surface area contributed by atoms with Gasteiger partial charge in [-0.2, -0.15) is 0 Å². The van der Waals surface area contributed by atoms with Gasteiger partial charge in [0, 0.05) is 18.1 Å². The molecule has 0 aromatic heterocycles. The molecule has 3 nitrogen and oxygen atoms in total. The van der Waals surface area contributed by atoms with Crippen LogP contribution in [0.2, 0.25) is 0 Å². The molecular weight excluding hydrogens is 246 g/mol. The van der Waals surface area contributed by atoms with Crippen molar-refractivity contribution >= 4 is 27.7 Å². The number of carboxylic acid groups (broad SMARTS) is 1. The van der Waals surface area contributed by atoms with Gasteiger partial charge in [0.05, 0.1) is 0 Å². The number of hydrogen-bond acceptors (Lipinski definition) is 1. The number of alkyl halides is 1. The number of para-hydroxylation sites is 1. The minimum Gasteiger partial charge on any atom is -0.465 e. The monoisotopic (exact) mass is 257 g/mol. The Morgan fingerprint density at radius 3 is 2.71 bits per heavy atom. The fraction of sp³-hybridized carbons (Fsp3) is 0.300. The Bertz CT molecular complexity index is 328. The summed E-state index contributed by atoms with van der Waals surface area (Å²) in [5.74, 6) is 0. The van der Waals surface area contributed by atoms with E-state index in [-0.39, 0.29) is 0 Å². The molecule has 1 aromatic carbocycles. The summed E-state index contributed by atoms with van der Waals surface area (Å²) in [5.41, 5.74) is 1.79. The van der Waals surface area contributed by atoms with Crippen LogP contribution in [0.4, 0.5) is 10.5 Å². The van der Waals surface area contributed by atoms with Gasteiger partial charge in [-0.25, -0.2) is 4.79 Å². The van der Waals surface area contributed by atoms with E-state index in [4.69, 9.17) is 5.11 Å². The van der Waals surface area contributed by atoms with Gasteiger partial charge >= 0.3 is 6.09 Å². The lowest BCUT2D eigenvalue weighted by Crippen LogP contribution is -2.24. The van der Waals surface area contributed by atoms with E-state index in [0.717, 1.165) is 23.0 Å². The van der Waals surface area contributed by atoms with Crippen molar-refractivity contribution in [1.82, 2.24) is 0 Å². The molecule has 0 aliphatic heterocycles. The van der Waals surface area contributed by atoms with Crippen molar-refractivity contribution in [3.8, 4) is 0 Å². The standard InChI is InChI=1S/C10H12BrNO2/c1-12(10(13)14)9-5-3-2-4-8(9)6-7-11/h2-5H,6-7H2,1H3,(H,13,14). The van der Waals surface area contributed by atoms with Crippen LogP contribution < -0.4 is 4.90 Å². The van der Waals surface area contributed by atoms with Gasteiger partial charge in [0.15, 0.2) is 0 Å². The van der Waals surface area contributed by atoms with Crippen molar-refractivity contribution in [2.24, 2.45) is 0 Å². The molecule has 0 saturated heterocycles. The third-order valence-corrected chi connectivity index (χ3v) is 2.40. The van der Waals surface area contributed by atoms with E-state index < -0.39 is 6.09 Å². The lowest BCUT2D eigenvalue weighted by atomic mass is 10.1. The molecule has 0 atom stereocenters. The van der Waals surface area contributed by atoms with Gasteiger partial charge in [-0.15, -0.1) is 0 Å². The fourth-order valence-corrected chi connectivity index (χ4v) is 1.68. The van der Waals surface area contributed by atoms with Crippen LogP contribution in [0.3, 0.4) is 0 Å². The molecule has 0 spiro atoms. The Morgan fingerprint density at radius 2 is 2.14 bits per heavy atom. The van der Waals surface area contributed by atoms with Gasteiger partial charge in [-0.05, 0) is 18.1 Å². The smallest absolute Gasteiger partial charge is 0.411 e. The number of benzene rings is 1. The molecule has 0 aliphatic carbocycles. The Kier molecular flexibility index (Phi) is 3.95. The highest BCUT2D eigenvalue weighted by Gasteiger charge is 2.11. The first-order chi connectivity index (χ1) is 6.66. The van der Waals surface area contributed by atoms with E-state index in [9.17, 15) is 4.79 Å². The minimum atomic E-state index is -0.938. The summed E-state index contributed by atoms with van der Waals surface area (Å²) >= 11 is 3.34. The van der Waals surface area contributed by atoms with E-state index in [1.807, 2.05) is 24.3 Å². The van der Waals surface area contributed by atoms with Crippen LogP contribution >= 0.6 is 15.9 Å². The Balaban J connectivity index is 3.00. The van der Waals surface area contributed by atoms with Crippen molar-refractivity contribution in [3.05, 3.63) is 29.8 Å². The molecule has 0 unspecified atom stereocenters. The predicted octanol–water partition coefficient (Wildman–Crippen LogP) is 2.74. The predicted molar refractivity (Wildman–Crippen MR) is 60.4 cm³/mol.